The third-order valence-electron chi connectivity index (χ3n) is 2.82. The van der Waals surface area contributed by atoms with Crippen molar-refractivity contribution < 1.29 is 4.74 Å². The Bertz CT molecular complexity index is 659. The van der Waals surface area contributed by atoms with E-state index in [1.807, 2.05) is 43.3 Å². The number of benzene rings is 2. The zero-order valence-corrected chi connectivity index (χ0v) is 10.2. The zero-order chi connectivity index (χ0) is 12.4. The summed E-state index contributed by atoms with van der Waals surface area (Å²) >= 11 is 0. The van der Waals surface area contributed by atoms with Crippen LogP contribution in [0.4, 0.5) is 0 Å². The van der Waals surface area contributed by atoms with Gasteiger partial charge in [0.25, 0.3) is 0 Å². The molecule has 0 atom stereocenters. The molecule has 0 aliphatic heterocycles. The molecular formula is C15H14N2O. The molecule has 3 aromatic rings. The maximum absolute atomic E-state index is 5.76. The maximum atomic E-state index is 5.76. The van der Waals surface area contributed by atoms with Crippen LogP contribution >= 0.6 is 0 Å². The molecule has 0 bridgehead atoms. The van der Waals surface area contributed by atoms with E-state index in [0.717, 1.165) is 28.2 Å². The molecule has 0 aliphatic carbocycles. The van der Waals surface area contributed by atoms with Gasteiger partial charge in [-0.3, -0.25) is 0 Å². The van der Waals surface area contributed by atoms with Crippen molar-refractivity contribution in [3.05, 3.63) is 59.9 Å². The smallest absolute Gasteiger partial charge is 0.122 e. The van der Waals surface area contributed by atoms with Crippen molar-refractivity contribution in [2.24, 2.45) is 0 Å². The number of nitrogens with one attached hydrogen (secondary N) is 1. The highest BCUT2D eigenvalue weighted by Crippen LogP contribution is 2.19. The second-order valence-corrected chi connectivity index (χ2v) is 4.28. The second-order valence-electron chi connectivity index (χ2n) is 4.28. The van der Waals surface area contributed by atoms with Crippen molar-refractivity contribution in [2.75, 3.05) is 0 Å². The van der Waals surface area contributed by atoms with E-state index in [9.17, 15) is 0 Å². The summed E-state index contributed by atoms with van der Waals surface area (Å²) in [5.41, 5.74) is 3.15. The molecule has 0 fully saturated rings. The standard InChI is InChI=1S/C15H14N2O/c1-11-16-14-8-7-13(9-15(14)17-11)18-10-12-5-3-2-4-6-12/h2-9H,10H2,1H3,(H,16,17). The third kappa shape index (κ3) is 2.20. The van der Waals surface area contributed by atoms with Crippen LogP contribution in [0.1, 0.15) is 11.4 Å². The Morgan fingerprint density at radius 2 is 1.94 bits per heavy atom. The van der Waals surface area contributed by atoms with Crippen LogP contribution < -0.4 is 4.74 Å². The van der Waals surface area contributed by atoms with Crippen LogP contribution in [0, 0.1) is 6.92 Å². The normalized spacial score (nSPS) is 10.7. The van der Waals surface area contributed by atoms with E-state index in [1.165, 1.54) is 0 Å². The molecule has 90 valence electrons. The summed E-state index contributed by atoms with van der Waals surface area (Å²) in [7, 11) is 0. The van der Waals surface area contributed by atoms with Crippen LogP contribution in [0.3, 0.4) is 0 Å². The first kappa shape index (κ1) is 10.8. The summed E-state index contributed by atoms with van der Waals surface area (Å²) in [5, 5.41) is 0. The van der Waals surface area contributed by atoms with Crippen LogP contribution in [-0.2, 0) is 6.61 Å². The Morgan fingerprint density at radius 3 is 2.78 bits per heavy atom. The molecule has 1 heterocycles. The van der Waals surface area contributed by atoms with Crippen LogP contribution in [0.2, 0.25) is 0 Å². The van der Waals surface area contributed by atoms with E-state index in [0.29, 0.717) is 6.61 Å². The summed E-state index contributed by atoms with van der Waals surface area (Å²) in [6.45, 7) is 2.53. The first-order valence-corrected chi connectivity index (χ1v) is 5.94. The molecule has 3 heteroatoms. The Labute approximate surface area is 105 Å². The van der Waals surface area contributed by atoms with Gasteiger partial charge in [0, 0.05) is 6.07 Å². The predicted molar refractivity (Wildman–Crippen MR) is 71.6 cm³/mol. The van der Waals surface area contributed by atoms with E-state index in [1.54, 1.807) is 0 Å². The van der Waals surface area contributed by atoms with Crippen molar-refractivity contribution in [3.8, 4) is 5.75 Å². The number of aryl methyl sites for hydroxylation is 1. The van der Waals surface area contributed by atoms with E-state index in [4.69, 9.17) is 4.74 Å². The number of rotatable bonds is 3. The molecule has 0 unspecified atom stereocenters. The van der Waals surface area contributed by atoms with Crippen molar-refractivity contribution in [1.82, 2.24) is 9.97 Å². The Hall–Kier alpha value is -2.29. The fourth-order valence-corrected chi connectivity index (χ4v) is 1.94. The lowest BCUT2D eigenvalue weighted by atomic mass is 10.2. The molecule has 18 heavy (non-hydrogen) atoms. The monoisotopic (exact) mass is 238 g/mol. The summed E-state index contributed by atoms with van der Waals surface area (Å²) in [6.07, 6.45) is 0. The van der Waals surface area contributed by atoms with Gasteiger partial charge in [0.2, 0.25) is 0 Å². The lowest BCUT2D eigenvalue weighted by Gasteiger charge is -2.05. The molecule has 0 spiro atoms. The summed E-state index contributed by atoms with van der Waals surface area (Å²) in [6, 6.07) is 16.1. The van der Waals surface area contributed by atoms with Crippen molar-refractivity contribution >= 4 is 11.0 Å². The van der Waals surface area contributed by atoms with E-state index < -0.39 is 0 Å². The molecule has 1 N–H and O–H groups in total. The molecule has 3 rings (SSSR count). The van der Waals surface area contributed by atoms with Crippen LogP contribution in [0.25, 0.3) is 11.0 Å². The van der Waals surface area contributed by atoms with Crippen molar-refractivity contribution in [3.63, 3.8) is 0 Å². The van der Waals surface area contributed by atoms with Gasteiger partial charge in [0.15, 0.2) is 0 Å². The number of aromatic amines is 1. The van der Waals surface area contributed by atoms with Gasteiger partial charge < -0.3 is 9.72 Å². The molecule has 3 nitrogen and oxygen atoms in total. The number of hydrogen-bond acceptors (Lipinski definition) is 2. The third-order valence-corrected chi connectivity index (χ3v) is 2.82. The fourth-order valence-electron chi connectivity index (χ4n) is 1.94. The van der Waals surface area contributed by atoms with Crippen molar-refractivity contribution in [2.45, 2.75) is 13.5 Å². The maximum Gasteiger partial charge on any atom is 0.122 e. The average Bonchev–Trinajstić information content (AvgIpc) is 2.77. The largest absolute Gasteiger partial charge is 0.489 e. The number of imidazole rings is 1. The Kier molecular flexibility index (Phi) is 2.73. The zero-order valence-electron chi connectivity index (χ0n) is 10.2. The molecule has 2 aromatic carbocycles. The Balaban J connectivity index is 1.78. The lowest BCUT2D eigenvalue weighted by Crippen LogP contribution is -1.94. The van der Waals surface area contributed by atoms with Gasteiger partial charge in [-0.2, -0.15) is 0 Å². The number of fused-ring (bicyclic) bond motifs is 1. The molecule has 0 saturated heterocycles. The lowest BCUT2D eigenvalue weighted by molar-refractivity contribution is 0.306. The minimum absolute atomic E-state index is 0.579. The van der Waals surface area contributed by atoms with E-state index in [2.05, 4.69) is 22.1 Å². The quantitative estimate of drug-likeness (QED) is 0.759. The number of H-pyrrole nitrogens is 1. The topological polar surface area (TPSA) is 37.9 Å². The summed E-state index contributed by atoms with van der Waals surface area (Å²) in [5.74, 6) is 1.77. The minimum atomic E-state index is 0.579. The molecule has 1 aromatic heterocycles. The van der Waals surface area contributed by atoms with Crippen LogP contribution in [0.5, 0.6) is 5.75 Å². The average molecular weight is 238 g/mol. The van der Waals surface area contributed by atoms with Crippen molar-refractivity contribution in [1.29, 1.82) is 0 Å². The molecule has 0 radical (unpaired) electrons. The van der Waals surface area contributed by atoms with Gasteiger partial charge >= 0.3 is 0 Å². The SMILES string of the molecule is Cc1nc2cc(OCc3ccccc3)ccc2[nH]1. The Morgan fingerprint density at radius 1 is 1.11 bits per heavy atom. The summed E-state index contributed by atoms with van der Waals surface area (Å²) in [4.78, 5) is 7.59. The van der Waals surface area contributed by atoms with Gasteiger partial charge in [0.1, 0.15) is 18.2 Å². The highest BCUT2D eigenvalue weighted by Gasteiger charge is 2.01. The van der Waals surface area contributed by atoms with Gasteiger partial charge in [-0.25, -0.2) is 4.98 Å². The van der Waals surface area contributed by atoms with Gasteiger partial charge in [-0.15, -0.1) is 0 Å². The molecular weight excluding hydrogens is 224 g/mol. The first-order valence-electron chi connectivity index (χ1n) is 5.94. The minimum Gasteiger partial charge on any atom is -0.489 e. The van der Waals surface area contributed by atoms with Gasteiger partial charge in [0.05, 0.1) is 11.0 Å². The molecule has 0 aliphatic rings. The molecule has 0 amide bonds. The highest BCUT2D eigenvalue weighted by atomic mass is 16.5. The summed E-state index contributed by atoms with van der Waals surface area (Å²) < 4.78 is 5.76. The predicted octanol–water partition coefficient (Wildman–Crippen LogP) is 3.45. The number of hydrogen-bond donors (Lipinski definition) is 1. The van der Waals surface area contributed by atoms with Crippen LogP contribution in [0.15, 0.2) is 48.5 Å². The fraction of sp³-hybridized carbons (Fsp3) is 0.133. The second kappa shape index (κ2) is 4.53. The number of ether oxygens (including phenoxy) is 1. The van der Waals surface area contributed by atoms with Gasteiger partial charge in [-0.05, 0) is 24.6 Å². The van der Waals surface area contributed by atoms with E-state index >= 15 is 0 Å². The highest BCUT2D eigenvalue weighted by molar-refractivity contribution is 5.76. The number of aromatic nitrogens is 2. The van der Waals surface area contributed by atoms with E-state index in [-0.39, 0.29) is 0 Å². The molecule has 0 saturated carbocycles. The van der Waals surface area contributed by atoms with Crippen LogP contribution in [-0.4, -0.2) is 9.97 Å². The first-order chi connectivity index (χ1) is 8.81. The van der Waals surface area contributed by atoms with Gasteiger partial charge in [-0.1, -0.05) is 30.3 Å². The number of nitrogens with zero attached hydrogens (tertiary/aromatic N) is 1.